The lowest BCUT2D eigenvalue weighted by molar-refractivity contribution is -0.137. The van der Waals surface area contributed by atoms with Crippen LogP contribution in [0.3, 0.4) is 0 Å². The van der Waals surface area contributed by atoms with Crippen LogP contribution < -0.4 is 10.9 Å². The van der Waals surface area contributed by atoms with E-state index < -0.39 is 23.3 Å². The molecular weight excluding hydrogens is 323 g/mol. The number of piperidine rings is 1. The molecule has 1 aromatic rings. The number of likely N-dealkylation sites (tertiary alicyclic amines) is 1. The number of urea groups is 1. The minimum absolute atomic E-state index is 0.374. The van der Waals surface area contributed by atoms with Crippen molar-refractivity contribution in [1.82, 2.24) is 9.88 Å². The van der Waals surface area contributed by atoms with Gasteiger partial charge in [-0.05, 0) is 30.7 Å². The molecule has 2 heterocycles. The average molecular weight is 343 g/mol. The van der Waals surface area contributed by atoms with Crippen molar-refractivity contribution in [2.75, 3.05) is 18.4 Å². The number of rotatable bonds is 1. The molecule has 2 unspecified atom stereocenters. The van der Waals surface area contributed by atoms with Gasteiger partial charge in [0.1, 0.15) is 5.69 Å². The normalized spacial score (nSPS) is 24.4. The number of hydrogen-bond donors (Lipinski definition) is 2. The lowest BCUT2D eigenvalue weighted by Gasteiger charge is -2.41. The van der Waals surface area contributed by atoms with Crippen LogP contribution >= 0.6 is 0 Å². The van der Waals surface area contributed by atoms with E-state index in [0.29, 0.717) is 37.2 Å². The highest BCUT2D eigenvalue weighted by Gasteiger charge is 2.34. The number of nitrogens with zero attached hydrogens (tertiary/aromatic N) is 1. The minimum atomic E-state index is -4.58. The number of carbonyl (C=O) groups is 1. The van der Waals surface area contributed by atoms with Crippen LogP contribution in [-0.2, 0) is 6.18 Å². The highest BCUT2D eigenvalue weighted by molar-refractivity contribution is 5.89. The van der Waals surface area contributed by atoms with E-state index in [9.17, 15) is 22.8 Å². The molecule has 24 heavy (non-hydrogen) atoms. The van der Waals surface area contributed by atoms with Gasteiger partial charge in [0.15, 0.2) is 0 Å². The van der Waals surface area contributed by atoms with Crippen LogP contribution in [0.1, 0.15) is 37.7 Å². The topological polar surface area (TPSA) is 65.2 Å². The van der Waals surface area contributed by atoms with Gasteiger partial charge in [-0.2, -0.15) is 13.2 Å². The fourth-order valence-corrected chi connectivity index (χ4v) is 3.72. The average Bonchev–Trinajstić information content (AvgIpc) is 2.55. The second-order valence-corrected chi connectivity index (χ2v) is 6.60. The van der Waals surface area contributed by atoms with E-state index in [1.807, 2.05) is 4.98 Å². The number of amides is 2. The molecule has 2 N–H and O–H groups in total. The Balaban J connectivity index is 1.70. The molecule has 8 heteroatoms. The molecular formula is C16H20F3N3O2. The van der Waals surface area contributed by atoms with Gasteiger partial charge in [0.05, 0.1) is 5.56 Å². The van der Waals surface area contributed by atoms with E-state index >= 15 is 0 Å². The van der Waals surface area contributed by atoms with Gasteiger partial charge in [0, 0.05) is 19.3 Å². The molecule has 2 atom stereocenters. The predicted octanol–water partition coefficient (Wildman–Crippen LogP) is 3.44. The van der Waals surface area contributed by atoms with Crippen LogP contribution in [0, 0.1) is 11.8 Å². The molecule has 5 nitrogen and oxygen atoms in total. The maximum atomic E-state index is 12.7. The van der Waals surface area contributed by atoms with Crippen molar-refractivity contribution in [3.05, 3.63) is 28.2 Å². The number of nitrogens with one attached hydrogen (secondary N) is 2. The lowest BCUT2D eigenvalue weighted by Crippen LogP contribution is -2.46. The Bertz CT molecular complexity index is 671. The number of pyridine rings is 1. The molecule has 3 rings (SSSR count). The summed E-state index contributed by atoms with van der Waals surface area (Å²) >= 11 is 0. The zero-order chi connectivity index (χ0) is 17.3. The van der Waals surface area contributed by atoms with Crippen molar-refractivity contribution >= 4 is 11.7 Å². The molecule has 0 bridgehead atoms. The van der Waals surface area contributed by atoms with Crippen molar-refractivity contribution in [3.63, 3.8) is 0 Å². The third-order valence-electron chi connectivity index (χ3n) is 5.05. The number of carbonyl (C=O) groups excluding carboxylic acids is 1. The van der Waals surface area contributed by atoms with Crippen molar-refractivity contribution in [2.24, 2.45) is 11.8 Å². The SMILES string of the molecule is O=C(Nc1cc(C(F)(F)F)c[nH]c1=O)N1CCC2CCCCC2C1. The largest absolute Gasteiger partial charge is 0.417 e. The third kappa shape index (κ3) is 3.57. The first kappa shape index (κ1) is 16.9. The predicted molar refractivity (Wildman–Crippen MR) is 82.7 cm³/mol. The molecule has 2 aliphatic rings. The van der Waals surface area contributed by atoms with Gasteiger partial charge in [-0.15, -0.1) is 0 Å². The van der Waals surface area contributed by atoms with Crippen LogP contribution in [-0.4, -0.2) is 29.0 Å². The number of halogens is 3. The molecule has 0 aromatic carbocycles. The lowest BCUT2D eigenvalue weighted by atomic mass is 9.75. The zero-order valence-electron chi connectivity index (χ0n) is 13.2. The van der Waals surface area contributed by atoms with Crippen LogP contribution in [0.15, 0.2) is 17.1 Å². The molecule has 1 saturated heterocycles. The highest BCUT2D eigenvalue weighted by atomic mass is 19.4. The summed E-state index contributed by atoms with van der Waals surface area (Å²) in [5.74, 6) is 1.10. The van der Waals surface area contributed by atoms with E-state index in [2.05, 4.69) is 5.32 Å². The number of fused-ring (bicyclic) bond motifs is 1. The summed E-state index contributed by atoms with van der Waals surface area (Å²) in [7, 11) is 0. The van der Waals surface area contributed by atoms with Crippen LogP contribution in [0.4, 0.5) is 23.7 Å². The number of anilines is 1. The summed E-state index contributed by atoms with van der Waals surface area (Å²) in [6.07, 6.45) is 1.59. The fraction of sp³-hybridized carbons (Fsp3) is 0.625. The summed E-state index contributed by atoms with van der Waals surface area (Å²) in [5.41, 5.74) is -2.12. The molecule has 0 spiro atoms. The van der Waals surface area contributed by atoms with Crippen molar-refractivity contribution in [1.29, 1.82) is 0 Å². The summed E-state index contributed by atoms with van der Waals surface area (Å²) in [6, 6.07) is 0.160. The summed E-state index contributed by atoms with van der Waals surface area (Å²) < 4.78 is 38.2. The Kier molecular flexibility index (Phi) is 4.56. The van der Waals surface area contributed by atoms with E-state index in [4.69, 9.17) is 0 Å². The molecule has 2 fully saturated rings. The first-order valence-electron chi connectivity index (χ1n) is 8.20. The Morgan fingerprint density at radius 3 is 2.62 bits per heavy atom. The second-order valence-electron chi connectivity index (χ2n) is 6.60. The van der Waals surface area contributed by atoms with Gasteiger partial charge in [0.25, 0.3) is 5.56 Å². The molecule has 132 valence electrons. The Morgan fingerprint density at radius 2 is 1.92 bits per heavy atom. The molecule has 1 aliphatic heterocycles. The van der Waals surface area contributed by atoms with Crippen LogP contribution in [0.2, 0.25) is 0 Å². The van der Waals surface area contributed by atoms with Crippen molar-refractivity contribution < 1.29 is 18.0 Å². The van der Waals surface area contributed by atoms with Crippen molar-refractivity contribution in [3.8, 4) is 0 Å². The molecule has 1 aromatic heterocycles. The Labute approximate surface area is 137 Å². The first-order valence-corrected chi connectivity index (χ1v) is 8.20. The maximum absolute atomic E-state index is 12.7. The molecule has 1 saturated carbocycles. The first-order chi connectivity index (χ1) is 11.3. The fourth-order valence-electron chi connectivity index (χ4n) is 3.72. The van der Waals surface area contributed by atoms with Gasteiger partial charge in [0.2, 0.25) is 0 Å². The summed E-state index contributed by atoms with van der Waals surface area (Å²) in [4.78, 5) is 27.6. The maximum Gasteiger partial charge on any atom is 0.417 e. The van der Waals surface area contributed by atoms with E-state index in [1.165, 1.54) is 12.8 Å². The number of hydrogen-bond acceptors (Lipinski definition) is 2. The third-order valence-corrected chi connectivity index (χ3v) is 5.05. The highest BCUT2D eigenvalue weighted by Crippen LogP contribution is 2.36. The van der Waals surface area contributed by atoms with Gasteiger partial charge in [-0.1, -0.05) is 19.3 Å². The summed E-state index contributed by atoms with van der Waals surface area (Å²) in [5, 5.41) is 2.33. The van der Waals surface area contributed by atoms with Gasteiger partial charge in [-0.25, -0.2) is 4.79 Å². The Hall–Kier alpha value is -1.99. The van der Waals surface area contributed by atoms with Crippen LogP contribution in [0.25, 0.3) is 0 Å². The minimum Gasteiger partial charge on any atom is -0.327 e. The van der Waals surface area contributed by atoms with E-state index in [-0.39, 0.29) is 5.69 Å². The second kappa shape index (κ2) is 6.49. The number of H-pyrrole nitrogens is 1. The smallest absolute Gasteiger partial charge is 0.327 e. The zero-order valence-corrected chi connectivity index (χ0v) is 13.2. The number of aromatic amines is 1. The number of alkyl halides is 3. The molecule has 2 amide bonds. The monoisotopic (exact) mass is 343 g/mol. The van der Waals surface area contributed by atoms with Crippen molar-refractivity contribution in [2.45, 2.75) is 38.3 Å². The Morgan fingerprint density at radius 1 is 1.21 bits per heavy atom. The van der Waals surface area contributed by atoms with Gasteiger partial charge in [-0.3, -0.25) is 4.79 Å². The number of aromatic nitrogens is 1. The van der Waals surface area contributed by atoms with E-state index in [1.54, 1.807) is 4.90 Å². The van der Waals surface area contributed by atoms with Crippen LogP contribution in [0.5, 0.6) is 0 Å². The summed E-state index contributed by atoms with van der Waals surface area (Å²) in [6.45, 7) is 1.18. The standard InChI is InChI=1S/C16H20F3N3O2/c17-16(18,19)12-7-13(14(23)20-8-12)21-15(24)22-6-5-10-3-1-2-4-11(10)9-22/h7-8,10-11H,1-6,9H2,(H,20,23)(H,21,24). The quantitative estimate of drug-likeness (QED) is 0.820. The van der Waals surface area contributed by atoms with E-state index in [0.717, 1.165) is 19.3 Å². The molecule has 1 aliphatic carbocycles. The van der Waals surface area contributed by atoms with Gasteiger partial charge >= 0.3 is 12.2 Å². The van der Waals surface area contributed by atoms with Gasteiger partial charge < -0.3 is 15.2 Å². The molecule has 0 radical (unpaired) electrons.